The zero-order valence-electron chi connectivity index (χ0n) is 9.48. The van der Waals surface area contributed by atoms with Crippen molar-refractivity contribution in [2.24, 2.45) is 0 Å². The van der Waals surface area contributed by atoms with E-state index in [1.165, 1.54) is 6.07 Å². The van der Waals surface area contributed by atoms with Crippen molar-refractivity contribution >= 4 is 31.6 Å². The van der Waals surface area contributed by atoms with Crippen LogP contribution in [0, 0.1) is 0 Å². The number of rotatable bonds is 5. The molecule has 0 fully saturated rings. The molecule has 0 bridgehead atoms. The Hall–Kier alpha value is -0.850. The largest absolute Gasteiger partial charge is 0.398 e. The fraction of sp³-hybridized carbons (Fsp3) is 0.273. The van der Waals surface area contributed by atoms with Gasteiger partial charge in [-0.05, 0) is 31.5 Å². The standard InChI is InChI=1S/C11H15BrN2O2S/c1-3-4-8(2)14-17(15,16)11-7-9(12)5-6-10(11)13/h3,5-8,14H,1,4,13H2,2H3. The van der Waals surface area contributed by atoms with Gasteiger partial charge in [0.1, 0.15) is 4.90 Å². The Morgan fingerprint density at radius 3 is 2.82 bits per heavy atom. The van der Waals surface area contributed by atoms with Gasteiger partial charge in [-0.15, -0.1) is 6.58 Å². The topological polar surface area (TPSA) is 72.2 Å². The number of halogens is 1. The van der Waals surface area contributed by atoms with Crippen LogP contribution in [0.2, 0.25) is 0 Å². The van der Waals surface area contributed by atoms with E-state index in [9.17, 15) is 8.42 Å². The Labute approximate surface area is 110 Å². The van der Waals surface area contributed by atoms with Crippen LogP contribution in [0.25, 0.3) is 0 Å². The third kappa shape index (κ3) is 3.83. The van der Waals surface area contributed by atoms with Gasteiger partial charge in [0.2, 0.25) is 10.0 Å². The molecule has 0 aromatic heterocycles. The molecule has 0 heterocycles. The highest BCUT2D eigenvalue weighted by atomic mass is 79.9. The monoisotopic (exact) mass is 318 g/mol. The van der Waals surface area contributed by atoms with Crippen LogP contribution in [0.3, 0.4) is 0 Å². The number of hydrogen-bond acceptors (Lipinski definition) is 3. The van der Waals surface area contributed by atoms with Crippen LogP contribution in [0.15, 0.2) is 40.2 Å². The minimum absolute atomic E-state index is 0.0859. The minimum atomic E-state index is -3.59. The zero-order chi connectivity index (χ0) is 13.1. The van der Waals surface area contributed by atoms with Crippen LogP contribution in [-0.2, 0) is 10.0 Å². The zero-order valence-corrected chi connectivity index (χ0v) is 11.9. The fourth-order valence-electron chi connectivity index (χ4n) is 1.37. The van der Waals surface area contributed by atoms with Crippen LogP contribution in [0.5, 0.6) is 0 Å². The third-order valence-corrected chi connectivity index (χ3v) is 4.28. The second-order valence-electron chi connectivity index (χ2n) is 3.73. The third-order valence-electron chi connectivity index (χ3n) is 2.14. The highest BCUT2D eigenvalue weighted by Gasteiger charge is 2.19. The van der Waals surface area contributed by atoms with Crippen molar-refractivity contribution in [1.29, 1.82) is 0 Å². The molecule has 0 aliphatic rings. The summed E-state index contributed by atoms with van der Waals surface area (Å²) < 4.78 is 27.3. The molecule has 94 valence electrons. The normalized spacial score (nSPS) is 13.3. The molecule has 17 heavy (non-hydrogen) atoms. The van der Waals surface area contributed by atoms with E-state index in [0.29, 0.717) is 10.9 Å². The molecule has 0 aliphatic heterocycles. The first-order valence-corrected chi connectivity index (χ1v) is 7.32. The van der Waals surface area contributed by atoms with Gasteiger partial charge in [-0.1, -0.05) is 22.0 Å². The van der Waals surface area contributed by atoms with Crippen LogP contribution in [0.4, 0.5) is 5.69 Å². The number of nitrogens with one attached hydrogen (secondary N) is 1. The lowest BCUT2D eigenvalue weighted by Crippen LogP contribution is -2.32. The Bertz CT molecular complexity index is 514. The van der Waals surface area contributed by atoms with Gasteiger partial charge in [-0.25, -0.2) is 13.1 Å². The van der Waals surface area contributed by atoms with E-state index < -0.39 is 10.0 Å². The van der Waals surface area contributed by atoms with Gasteiger partial charge in [0.05, 0.1) is 5.69 Å². The SMILES string of the molecule is C=CCC(C)NS(=O)(=O)c1cc(Br)ccc1N. The van der Waals surface area contributed by atoms with Crippen molar-refractivity contribution in [1.82, 2.24) is 4.72 Å². The number of anilines is 1. The molecule has 0 saturated carbocycles. The maximum absolute atomic E-state index is 12.0. The summed E-state index contributed by atoms with van der Waals surface area (Å²) >= 11 is 3.22. The van der Waals surface area contributed by atoms with Crippen LogP contribution >= 0.6 is 15.9 Å². The van der Waals surface area contributed by atoms with Crippen molar-refractivity contribution in [3.63, 3.8) is 0 Å². The lowest BCUT2D eigenvalue weighted by atomic mass is 10.3. The summed E-state index contributed by atoms with van der Waals surface area (Å²) in [6.45, 7) is 5.34. The lowest BCUT2D eigenvalue weighted by Gasteiger charge is -2.13. The van der Waals surface area contributed by atoms with Gasteiger partial charge in [-0.3, -0.25) is 0 Å². The molecule has 0 radical (unpaired) electrons. The van der Waals surface area contributed by atoms with Crippen molar-refractivity contribution in [2.75, 3.05) is 5.73 Å². The Morgan fingerprint density at radius 1 is 1.59 bits per heavy atom. The predicted molar refractivity (Wildman–Crippen MR) is 73.2 cm³/mol. The second-order valence-corrected chi connectivity index (χ2v) is 6.33. The molecule has 1 rings (SSSR count). The number of nitrogens with two attached hydrogens (primary N) is 1. The van der Waals surface area contributed by atoms with E-state index in [4.69, 9.17) is 5.73 Å². The van der Waals surface area contributed by atoms with E-state index in [0.717, 1.165) is 0 Å². The van der Waals surface area contributed by atoms with E-state index >= 15 is 0 Å². The van der Waals surface area contributed by atoms with Crippen LogP contribution in [-0.4, -0.2) is 14.5 Å². The number of sulfonamides is 1. The van der Waals surface area contributed by atoms with Crippen molar-refractivity contribution in [2.45, 2.75) is 24.3 Å². The summed E-state index contributed by atoms with van der Waals surface area (Å²) in [5.41, 5.74) is 5.89. The number of nitrogen functional groups attached to an aromatic ring is 1. The summed E-state index contributed by atoms with van der Waals surface area (Å²) in [5.74, 6) is 0. The highest BCUT2D eigenvalue weighted by Crippen LogP contribution is 2.23. The van der Waals surface area contributed by atoms with Gasteiger partial charge >= 0.3 is 0 Å². The molecule has 0 spiro atoms. The van der Waals surface area contributed by atoms with Crippen LogP contribution < -0.4 is 10.5 Å². The molecule has 1 aromatic rings. The molecular weight excluding hydrogens is 304 g/mol. The van der Waals surface area contributed by atoms with Crippen LogP contribution in [0.1, 0.15) is 13.3 Å². The van der Waals surface area contributed by atoms with Crippen molar-refractivity contribution < 1.29 is 8.42 Å². The first-order chi connectivity index (χ1) is 7.86. The average Bonchev–Trinajstić information content (AvgIpc) is 2.21. The summed E-state index contributed by atoms with van der Waals surface area (Å²) in [7, 11) is -3.59. The molecule has 0 aliphatic carbocycles. The molecule has 0 saturated heterocycles. The molecule has 0 amide bonds. The van der Waals surface area contributed by atoms with Crippen molar-refractivity contribution in [3.8, 4) is 0 Å². The molecule has 3 N–H and O–H groups in total. The summed E-state index contributed by atoms with van der Waals surface area (Å²) in [4.78, 5) is 0.0859. The minimum Gasteiger partial charge on any atom is -0.398 e. The van der Waals surface area contributed by atoms with Gasteiger partial charge in [0.25, 0.3) is 0 Å². The second kappa shape index (κ2) is 5.66. The van der Waals surface area contributed by atoms with E-state index in [-0.39, 0.29) is 16.6 Å². The average molecular weight is 319 g/mol. The summed E-state index contributed by atoms with van der Waals surface area (Å²) in [6.07, 6.45) is 2.23. The fourth-order valence-corrected chi connectivity index (χ4v) is 3.29. The van der Waals surface area contributed by atoms with Gasteiger partial charge < -0.3 is 5.73 Å². The molecule has 6 heteroatoms. The lowest BCUT2D eigenvalue weighted by molar-refractivity contribution is 0.562. The molecule has 1 atom stereocenters. The Balaban J connectivity index is 3.04. The predicted octanol–water partition coefficient (Wildman–Crippen LogP) is 2.27. The summed E-state index contributed by atoms with van der Waals surface area (Å²) in [6, 6.07) is 4.52. The van der Waals surface area contributed by atoms with E-state index in [1.54, 1.807) is 25.1 Å². The highest BCUT2D eigenvalue weighted by molar-refractivity contribution is 9.10. The van der Waals surface area contributed by atoms with E-state index in [2.05, 4.69) is 27.2 Å². The van der Waals surface area contributed by atoms with Crippen molar-refractivity contribution in [3.05, 3.63) is 35.3 Å². The van der Waals surface area contributed by atoms with Gasteiger partial charge in [0.15, 0.2) is 0 Å². The molecule has 4 nitrogen and oxygen atoms in total. The number of hydrogen-bond donors (Lipinski definition) is 2. The smallest absolute Gasteiger partial charge is 0.242 e. The first-order valence-electron chi connectivity index (χ1n) is 5.05. The Kier molecular flexibility index (Phi) is 4.73. The molecule has 1 unspecified atom stereocenters. The quantitative estimate of drug-likeness (QED) is 0.646. The summed E-state index contributed by atoms with van der Waals surface area (Å²) in [5, 5.41) is 0. The maximum Gasteiger partial charge on any atom is 0.242 e. The number of benzene rings is 1. The maximum atomic E-state index is 12.0. The molecular formula is C11H15BrN2O2S. The van der Waals surface area contributed by atoms with Gasteiger partial charge in [-0.2, -0.15) is 0 Å². The first kappa shape index (κ1) is 14.2. The Morgan fingerprint density at radius 2 is 2.24 bits per heavy atom. The van der Waals surface area contributed by atoms with E-state index in [1.807, 2.05) is 0 Å². The van der Waals surface area contributed by atoms with Gasteiger partial charge in [0, 0.05) is 10.5 Å². The molecule has 1 aromatic carbocycles.